The van der Waals surface area contributed by atoms with Crippen LogP contribution in [0.15, 0.2) is 46.3 Å². The molecule has 0 aliphatic heterocycles. The third-order valence-corrected chi connectivity index (χ3v) is 5.57. The van der Waals surface area contributed by atoms with Crippen LogP contribution in [0.25, 0.3) is 10.9 Å². The summed E-state index contributed by atoms with van der Waals surface area (Å²) in [6, 6.07) is 9.95. The van der Waals surface area contributed by atoms with Gasteiger partial charge in [0.25, 0.3) is 5.56 Å². The summed E-state index contributed by atoms with van der Waals surface area (Å²) in [5, 5.41) is 1.46. The number of benzene rings is 2. The summed E-state index contributed by atoms with van der Waals surface area (Å²) in [4.78, 5) is 30.4. The van der Waals surface area contributed by atoms with E-state index in [1.807, 2.05) is 13.8 Å². The van der Waals surface area contributed by atoms with Gasteiger partial charge in [-0.05, 0) is 50.2 Å². The lowest BCUT2D eigenvalue weighted by atomic mass is 10.1. The maximum absolute atomic E-state index is 12.9. The first-order valence-electron chi connectivity index (χ1n) is 8.95. The Morgan fingerprint density at radius 1 is 1.17 bits per heavy atom. The molecule has 152 valence electrons. The van der Waals surface area contributed by atoms with Crippen LogP contribution in [-0.2, 0) is 0 Å². The Hall–Kier alpha value is -2.51. The molecule has 3 aromatic rings. The van der Waals surface area contributed by atoms with Crippen LogP contribution in [0, 0.1) is 0 Å². The van der Waals surface area contributed by atoms with Crippen molar-refractivity contribution in [2.45, 2.75) is 25.0 Å². The zero-order valence-corrected chi connectivity index (χ0v) is 18.1. The number of halogens is 1. The fourth-order valence-electron chi connectivity index (χ4n) is 2.95. The second-order valence-electron chi connectivity index (χ2n) is 6.60. The molecule has 1 heterocycles. The van der Waals surface area contributed by atoms with E-state index >= 15 is 0 Å². The standard InChI is InChI=1S/C21H21ClN2O4S/c1-12(2)24-20(26)15-7-5-13(22)9-17(15)23-21(24)29-11-18(25)16-10-14(27-3)6-8-19(16)28-4/h5-10,12H,11H2,1-4H3. The average Bonchev–Trinajstić information content (AvgIpc) is 2.70. The Morgan fingerprint density at radius 2 is 1.93 bits per heavy atom. The van der Waals surface area contributed by atoms with Gasteiger partial charge in [0.05, 0.1) is 36.4 Å². The van der Waals surface area contributed by atoms with Gasteiger partial charge in [-0.25, -0.2) is 4.98 Å². The van der Waals surface area contributed by atoms with E-state index in [0.29, 0.717) is 38.1 Å². The molecule has 0 aliphatic carbocycles. The minimum absolute atomic E-state index is 0.0920. The van der Waals surface area contributed by atoms with Crippen LogP contribution in [-0.4, -0.2) is 35.3 Å². The number of hydrogen-bond acceptors (Lipinski definition) is 6. The molecule has 0 bridgehead atoms. The van der Waals surface area contributed by atoms with Crippen molar-refractivity contribution in [3.63, 3.8) is 0 Å². The molecule has 2 aromatic carbocycles. The van der Waals surface area contributed by atoms with E-state index in [0.717, 1.165) is 0 Å². The van der Waals surface area contributed by atoms with Crippen molar-refractivity contribution in [3.8, 4) is 11.5 Å². The first-order chi connectivity index (χ1) is 13.8. The minimum Gasteiger partial charge on any atom is -0.497 e. The van der Waals surface area contributed by atoms with Gasteiger partial charge >= 0.3 is 0 Å². The van der Waals surface area contributed by atoms with E-state index in [1.54, 1.807) is 41.0 Å². The Labute approximate surface area is 177 Å². The highest BCUT2D eigenvalue weighted by molar-refractivity contribution is 7.99. The summed E-state index contributed by atoms with van der Waals surface area (Å²) < 4.78 is 12.1. The highest BCUT2D eigenvalue weighted by Crippen LogP contribution is 2.28. The summed E-state index contributed by atoms with van der Waals surface area (Å²) >= 11 is 7.27. The van der Waals surface area contributed by atoms with Gasteiger partial charge in [-0.15, -0.1) is 0 Å². The first-order valence-corrected chi connectivity index (χ1v) is 10.3. The SMILES string of the molecule is COc1ccc(OC)c(C(=O)CSc2nc3cc(Cl)ccc3c(=O)n2C(C)C)c1. The van der Waals surface area contributed by atoms with Crippen molar-refractivity contribution in [1.82, 2.24) is 9.55 Å². The van der Waals surface area contributed by atoms with Gasteiger partial charge in [0, 0.05) is 11.1 Å². The smallest absolute Gasteiger partial charge is 0.262 e. The highest BCUT2D eigenvalue weighted by atomic mass is 35.5. The van der Waals surface area contributed by atoms with Crippen molar-refractivity contribution >= 4 is 40.0 Å². The molecule has 0 saturated carbocycles. The average molecular weight is 433 g/mol. The topological polar surface area (TPSA) is 70.4 Å². The lowest BCUT2D eigenvalue weighted by Gasteiger charge is -2.16. The maximum Gasteiger partial charge on any atom is 0.262 e. The molecule has 0 unspecified atom stereocenters. The van der Waals surface area contributed by atoms with Crippen molar-refractivity contribution in [2.24, 2.45) is 0 Å². The van der Waals surface area contributed by atoms with Crippen LogP contribution < -0.4 is 15.0 Å². The quantitative estimate of drug-likeness (QED) is 0.308. The zero-order chi connectivity index (χ0) is 21.1. The van der Waals surface area contributed by atoms with E-state index < -0.39 is 0 Å². The van der Waals surface area contributed by atoms with Gasteiger partial charge in [-0.3, -0.25) is 14.2 Å². The van der Waals surface area contributed by atoms with E-state index in [2.05, 4.69) is 4.98 Å². The first kappa shape index (κ1) is 21.2. The maximum atomic E-state index is 12.9. The Kier molecular flexibility index (Phi) is 6.49. The number of methoxy groups -OCH3 is 2. The van der Waals surface area contributed by atoms with Gasteiger partial charge in [0.15, 0.2) is 10.9 Å². The summed E-state index contributed by atoms with van der Waals surface area (Å²) in [5.41, 5.74) is 0.769. The normalized spacial score (nSPS) is 11.1. The van der Waals surface area contributed by atoms with Crippen LogP contribution in [0.3, 0.4) is 0 Å². The summed E-state index contributed by atoms with van der Waals surface area (Å²) in [5.74, 6) is 0.975. The number of aromatic nitrogens is 2. The molecule has 29 heavy (non-hydrogen) atoms. The van der Waals surface area contributed by atoms with Crippen LogP contribution in [0.4, 0.5) is 0 Å². The number of hydrogen-bond donors (Lipinski definition) is 0. The Morgan fingerprint density at radius 3 is 2.59 bits per heavy atom. The molecule has 0 amide bonds. The van der Waals surface area contributed by atoms with E-state index in [9.17, 15) is 9.59 Å². The molecule has 0 atom stereocenters. The fourth-order valence-corrected chi connectivity index (χ4v) is 4.13. The van der Waals surface area contributed by atoms with Gasteiger partial charge in [0.1, 0.15) is 11.5 Å². The molecular formula is C21H21ClN2O4S. The third-order valence-electron chi connectivity index (χ3n) is 4.39. The van der Waals surface area contributed by atoms with Crippen molar-refractivity contribution in [3.05, 3.63) is 57.3 Å². The number of rotatable bonds is 7. The predicted octanol–water partition coefficient (Wildman–Crippen LogP) is 4.62. The second kappa shape index (κ2) is 8.88. The molecule has 3 rings (SSSR count). The molecule has 0 aliphatic rings. The molecule has 1 aromatic heterocycles. The molecular weight excluding hydrogens is 412 g/mol. The molecule has 0 spiro atoms. The van der Waals surface area contributed by atoms with E-state index in [-0.39, 0.29) is 23.1 Å². The van der Waals surface area contributed by atoms with Gasteiger partial charge < -0.3 is 9.47 Å². The monoisotopic (exact) mass is 432 g/mol. The fraction of sp³-hybridized carbons (Fsp3) is 0.286. The molecule has 0 N–H and O–H groups in total. The number of carbonyl (C=O) groups is 1. The lowest BCUT2D eigenvalue weighted by molar-refractivity contribution is 0.101. The second-order valence-corrected chi connectivity index (χ2v) is 7.98. The van der Waals surface area contributed by atoms with E-state index in [4.69, 9.17) is 21.1 Å². The number of carbonyl (C=O) groups excluding carboxylic acids is 1. The van der Waals surface area contributed by atoms with Crippen LogP contribution in [0.2, 0.25) is 5.02 Å². The minimum atomic E-state index is -0.157. The number of thioether (sulfide) groups is 1. The van der Waals surface area contributed by atoms with Gasteiger partial charge in [-0.2, -0.15) is 0 Å². The number of fused-ring (bicyclic) bond motifs is 1. The van der Waals surface area contributed by atoms with Crippen LogP contribution in [0.5, 0.6) is 11.5 Å². The Balaban J connectivity index is 1.97. The van der Waals surface area contributed by atoms with Crippen molar-refractivity contribution in [2.75, 3.05) is 20.0 Å². The molecule has 0 radical (unpaired) electrons. The predicted molar refractivity (Wildman–Crippen MR) is 116 cm³/mol. The number of ether oxygens (including phenoxy) is 2. The largest absolute Gasteiger partial charge is 0.497 e. The van der Waals surface area contributed by atoms with Crippen LogP contribution >= 0.6 is 23.4 Å². The molecule has 0 fully saturated rings. The van der Waals surface area contributed by atoms with Gasteiger partial charge in [-0.1, -0.05) is 23.4 Å². The molecule has 8 heteroatoms. The van der Waals surface area contributed by atoms with Crippen molar-refractivity contribution < 1.29 is 14.3 Å². The molecule has 6 nitrogen and oxygen atoms in total. The summed E-state index contributed by atoms with van der Waals surface area (Å²) in [6.07, 6.45) is 0. The third kappa shape index (κ3) is 4.41. The summed E-state index contributed by atoms with van der Waals surface area (Å²) in [6.45, 7) is 3.81. The molecule has 0 saturated heterocycles. The van der Waals surface area contributed by atoms with Gasteiger partial charge in [0.2, 0.25) is 0 Å². The zero-order valence-electron chi connectivity index (χ0n) is 16.6. The highest BCUT2D eigenvalue weighted by Gasteiger charge is 2.18. The summed E-state index contributed by atoms with van der Waals surface area (Å²) in [7, 11) is 3.05. The number of Topliss-reactive ketones (excluding diaryl/α,β-unsaturated/α-hetero) is 1. The van der Waals surface area contributed by atoms with Crippen LogP contribution in [0.1, 0.15) is 30.2 Å². The Bertz CT molecular complexity index is 1130. The number of ketones is 1. The van der Waals surface area contributed by atoms with E-state index in [1.165, 1.54) is 26.0 Å². The van der Waals surface area contributed by atoms with Crippen molar-refractivity contribution in [1.29, 1.82) is 0 Å². The number of nitrogens with zero attached hydrogens (tertiary/aromatic N) is 2. The lowest BCUT2D eigenvalue weighted by Crippen LogP contribution is -2.25.